The number of hydrogen-bond acceptors (Lipinski definition) is 2. The van der Waals surface area contributed by atoms with Gasteiger partial charge in [0.25, 0.3) is 0 Å². The Morgan fingerprint density at radius 1 is 0.667 bits per heavy atom. The smallest absolute Gasteiger partial charge is 0.0838 e. The van der Waals surface area contributed by atoms with Crippen molar-refractivity contribution in [2.45, 2.75) is 32.1 Å². The lowest BCUT2D eigenvalue weighted by Gasteiger charge is -2.42. The molecule has 2 aliphatic heterocycles. The van der Waals surface area contributed by atoms with Crippen molar-refractivity contribution in [1.82, 2.24) is 0 Å². The first-order valence-electron chi connectivity index (χ1n) is 6.26. The summed E-state index contributed by atoms with van der Waals surface area (Å²) < 4.78 is -0.0556. The van der Waals surface area contributed by atoms with Gasteiger partial charge < -0.3 is 19.7 Å². The zero-order chi connectivity index (χ0) is 10.8. The van der Waals surface area contributed by atoms with Gasteiger partial charge in [0.2, 0.25) is 0 Å². The second-order valence-electron chi connectivity index (χ2n) is 5.23. The molecule has 2 heterocycles. The minimum Gasteiger partial charge on any atom is -0.633 e. The summed E-state index contributed by atoms with van der Waals surface area (Å²) in [5.41, 5.74) is 0. The molecule has 0 aromatic carbocycles. The lowest BCUT2D eigenvalue weighted by atomic mass is 10.3. The van der Waals surface area contributed by atoms with E-state index in [0.29, 0.717) is 13.1 Å². The zero-order valence-corrected chi connectivity index (χ0v) is 9.49. The summed E-state index contributed by atoms with van der Waals surface area (Å²) in [5, 5.41) is 24.0. The number of rotatable bonds is 4. The number of hydrogen-bond donors (Lipinski definition) is 0. The van der Waals surface area contributed by atoms with Crippen molar-refractivity contribution < 1.29 is 9.29 Å². The SMILES string of the molecule is [O-][N+]1(CCC[N+]2([O-])CCCC2)CCCC1. The molecule has 0 atom stereocenters. The zero-order valence-electron chi connectivity index (χ0n) is 9.49. The highest BCUT2D eigenvalue weighted by Gasteiger charge is 2.26. The Labute approximate surface area is 91.8 Å². The van der Waals surface area contributed by atoms with E-state index < -0.39 is 0 Å². The molecule has 0 spiro atoms. The summed E-state index contributed by atoms with van der Waals surface area (Å²) in [6.45, 7) is 4.44. The number of likely N-dealkylation sites (tertiary alicyclic amines) is 2. The minimum atomic E-state index is -0.0278. The van der Waals surface area contributed by atoms with Crippen LogP contribution in [0, 0.1) is 10.4 Å². The number of quaternary nitrogens is 2. The van der Waals surface area contributed by atoms with Crippen molar-refractivity contribution in [3.05, 3.63) is 10.4 Å². The van der Waals surface area contributed by atoms with Gasteiger partial charge in [-0.15, -0.1) is 0 Å². The van der Waals surface area contributed by atoms with Gasteiger partial charge in [-0.05, 0) is 0 Å². The monoisotopic (exact) mass is 214 g/mol. The Morgan fingerprint density at radius 2 is 1.00 bits per heavy atom. The van der Waals surface area contributed by atoms with Crippen molar-refractivity contribution in [2.24, 2.45) is 0 Å². The Kier molecular flexibility index (Phi) is 3.30. The fourth-order valence-electron chi connectivity index (χ4n) is 2.92. The Bertz CT molecular complexity index is 187. The maximum atomic E-state index is 12.0. The Morgan fingerprint density at radius 3 is 1.33 bits per heavy atom. The van der Waals surface area contributed by atoms with E-state index >= 15 is 0 Å². The van der Waals surface area contributed by atoms with Crippen LogP contribution in [0.2, 0.25) is 0 Å². The van der Waals surface area contributed by atoms with E-state index in [9.17, 15) is 10.4 Å². The molecule has 0 aliphatic carbocycles. The highest BCUT2D eigenvalue weighted by Crippen LogP contribution is 2.21. The fraction of sp³-hybridized carbons (Fsp3) is 1.00. The van der Waals surface area contributed by atoms with Gasteiger partial charge in [0.15, 0.2) is 0 Å². The molecule has 2 fully saturated rings. The highest BCUT2D eigenvalue weighted by molar-refractivity contribution is 4.58. The Balaban J connectivity index is 1.69. The molecular weight excluding hydrogens is 192 g/mol. The lowest BCUT2D eigenvalue weighted by Crippen LogP contribution is -2.44. The van der Waals surface area contributed by atoms with E-state index in [4.69, 9.17) is 0 Å². The quantitative estimate of drug-likeness (QED) is 0.527. The summed E-state index contributed by atoms with van der Waals surface area (Å²) in [4.78, 5) is 0. The van der Waals surface area contributed by atoms with Gasteiger partial charge in [-0.2, -0.15) is 0 Å². The van der Waals surface area contributed by atoms with E-state index in [0.717, 1.165) is 58.3 Å². The van der Waals surface area contributed by atoms with Crippen LogP contribution in [0.5, 0.6) is 0 Å². The molecule has 0 amide bonds. The summed E-state index contributed by atoms with van der Waals surface area (Å²) in [6, 6.07) is 0. The van der Waals surface area contributed by atoms with E-state index in [-0.39, 0.29) is 9.29 Å². The van der Waals surface area contributed by atoms with Crippen molar-refractivity contribution in [1.29, 1.82) is 0 Å². The molecule has 0 radical (unpaired) electrons. The highest BCUT2D eigenvalue weighted by atomic mass is 16.6. The van der Waals surface area contributed by atoms with Gasteiger partial charge >= 0.3 is 0 Å². The molecule has 2 rings (SSSR count). The fourth-order valence-corrected chi connectivity index (χ4v) is 2.92. The molecule has 4 nitrogen and oxygen atoms in total. The maximum Gasteiger partial charge on any atom is 0.0838 e. The van der Waals surface area contributed by atoms with Gasteiger partial charge in [-0.1, -0.05) is 0 Å². The predicted molar refractivity (Wildman–Crippen MR) is 59.5 cm³/mol. The summed E-state index contributed by atoms with van der Waals surface area (Å²) in [6.07, 6.45) is 5.09. The molecule has 88 valence electrons. The van der Waals surface area contributed by atoms with Crippen LogP contribution >= 0.6 is 0 Å². The Hall–Kier alpha value is -0.160. The van der Waals surface area contributed by atoms with Crippen molar-refractivity contribution in [2.75, 3.05) is 39.3 Å². The normalized spacial score (nSPS) is 28.4. The van der Waals surface area contributed by atoms with E-state index in [1.165, 1.54) is 0 Å². The molecule has 0 aromatic heterocycles. The third kappa shape index (κ3) is 2.91. The second-order valence-corrected chi connectivity index (χ2v) is 5.23. The van der Waals surface area contributed by atoms with Crippen LogP contribution in [-0.2, 0) is 0 Å². The summed E-state index contributed by atoms with van der Waals surface area (Å²) in [5.74, 6) is 0. The van der Waals surface area contributed by atoms with E-state index in [1.807, 2.05) is 0 Å². The van der Waals surface area contributed by atoms with Gasteiger partial charge in [0.1, 0.15) is 0 Å². The van der Waals surface area contributed by atoms with Crippen molar-refractivity contribution >= 4 is 0 Å². The van der Waals surface area contributed by atoms with Gasteiger partial charge in [-0.25, -0.2) is 0 Å². The summed E-state index contributed by atoms with van der Waals surface area (Å²) >= 11 is 0. The summed E-state index contributed by atoms with van der Waals surface area (Å²) in [7, 11) is 0. The lowest BCUT2D eigenvalue weighted by molar-refractivity contribution is -0.887. The average molecular weight is 214 g/mol. The standard InChI is InChI=1S/C11H22N2O2/c14-12(6-1-2-7-12)10-5-11-13(15)8-3-4-9-13/h1-11H2. The molecule has 15 heavy (non-hydrogen) atoms. The molecule has 0 unspecified atom stereocenters. The largest absolute Gasteiger partial charge is 0.633 e. The first-order valence-corrected chi connectivity index (χ1v) is 6.26. The molecule has 4 heteroatoms. The van der Waals surface area contributed by atoms with Gasteiger partial charge in [0.05, 0.1) is 39.3 Å². The predicted octanol–water partition coefficient (Wildman–Crippen LogP) is 1.59. The molecule has 2 saturated heterocycles. The van der Waals surface area contributed by atoms with Crippen LogP contribution in [0.15, 0.2) is 0 Å². The van der Waals surface area contributed by atoms with Crippen LogP contribution in [0.4, 0.5) is 0 Å². The minimum absolute atomic E-state index is 0.0278. The molecule has 0 N–H and O–H groups in total. The maximum absolute atomic E-state index is 12.0. The van der Waals surface area contributed by atoms with Crippen LogP contribution in [-0.4, -0.2) is 48.6 Å². The third-order valence-electron chi connectivity index (χ3n) is 3.89. The topological polar surface area (TPSA) is 46.1 Å². The van der Waals surface area contributed by atoms with Crippen LogP contribution < -0.4 is 0 Å². The van der Waals surface area contributed by atoms with Crippen LogP contribution in [0.3, 0.4) is 0 Å². The van der Waals surface area contributed by atoms with Gasteiger partial charge in [-0.3, -0.25) is 0 Å². The number of nitrogens with zero attached hydrogens (tertiary/aromatic N) is 2. The molecule has 0 saturated carbocycles. The van der Waals surface area contributed by atoms with Crippen molar-refractivity contribution in [3.8, 4) is 0 Å². The van der Waals surface area contributed by atoms with E-state index in [2.05, 4.69) is 0 Å². The average Bonchev–Trinajstić information content (AvgIpc) is 2.76. The van der Waals surface area contributed by atoms with Crippen molar-refractivity contribution in [3.63, 3.8) is 0 Å². The third-order valence-corrected chi connectivity index (χ3v) is 3.89. The molecular formula is C11H22N2O2. The second kappa shape index (κ2) is 4.37. The van der Waals surface area contributed by atoms with Crippen LogP contribution in [0.25, 0.3) is 0 Å². The first-order chi connectivity index (χ1) is 7.12. The van der Waals surface area contributed by atoms with Gasteiger partial charge in [0, 0.05) is 32.1 Å². The van der Waals surface area contributed by atoms with E-state index in [1.54, 1.807) is 0 Å². The molecule has 0 bridgehead atoms. The molecule has 2 aliphatic rings. The first kappa shape index (κ1) is 11.3. The number of hydroxylamine groups is 6. The molecule has 0 aromatic rings. The van der Waals surface area contributed by atoms with Crippen LogP contribution in [0.1, 0.15) is 32.1 Å².